The molecule has 18 heavy (non-hydrogen) atoms. The lowest BCUT2D eigenvalue weighted by Crippen LogP contribution is -2.25. The summed E-state index contributed by atoms with van der Waals surface area (Å²) < 4.78 is 13.1. The van der Waals surface area contributed by atoms with Gasteiger partial charge < -0.3 is 10.6 Å². The Morgan fingerprint density at radius 2 is 2.33 bits per heavy atom. The van der Waals surface area contributed by atoms with Crippen molar-refractivity contribution in [2.24, 2.45) is 11.7 Å². The molecule has 1 saturated heterocycles. The third-order valence-corrected chi connectivity index (χ3v) is 3.98. The Kier molecular flexibility index (Phi) is 4.72. The predicted octanol–water partition coefficient (Wildman–Crippen LogP) is 2.95. The molecule has 100 valence electrons. The van der Waals surface area contributed by atoms with Crippen molar-refractivity contribution in [3.8, 4) is 0 Å². The van der Waals surface area contributed by atoms with Crippen LogP contribution in [0, 0.1) is 11.7 Å². The molecule has 0 amide bonds. The molecule has 2 unspecified atom stereocenters. The van der Waals surface area contributed by atoms with Crippen LogP contribution < -0.4 is 5.73 Å². The maximum Gasteiger partial charge on any atom is 0.123 e. The summed E-state index contributed by atoms with van der Waals surface area (Å²) in [5, 5.41) is 0. The van der Waals surface area contributed by atoms with E-state index in [1.165, 1.54) is 32.0 Å². The molecule has 1 fully saturated rings. The first-order valence-electron chi connectivity index (χ1n) is 6.92. The first-order chi connectivity index (χ1) is 8.69. The largest absolute Gasteiger partial charge is 0.324 e. The molecule has 1 aliphatic heterocycles. The Hall–Kier alpha value is -0.930. The molecule has 2 rings (SSSR count). The molecule has 1 heterocycles. The summed E-state index contributed by atoms with van der Waals surface area (Å²) in [5.74, 6) is 0.658. The maximum absolute atomic E-state index is 13.1. The van der Waals surface area contributed by atoms with Crippen molar-refractivity contribution >= 4 is 0 Å². The van der Waals surface area contributed by atoms with Crippen LogP contribution in [0.2, 0.25) is 0 Å². The van der Waals surface area contributed by atoms with E-state index in [2.05, 4.69) is 11.8 Å². The molecular formula is C15H23FN2. The molecule has 0 radical (unpaired) electrons. The van der Waals surface area contributed by atoms with Gasteiger partial charge in [-0.25, -0.2) is 4.39 Å². The molecule has 0 saturated carbocycles. The zero-order chi connectivity index (χ0) is 13.0. The van der Waals surface area contributed by atoms with E-state index in [1.54, 1.807) is 12.1 Å². The quantitative estimate of drug-likeness (QED) is 0.870. The van der Waals surface area contributed by atoms with Crippen LogP contribution in [-0.2, 0) is 0 Å². The van der Waals surface area contributed by atoms with Crippen LogP contribution in [0.25, 0.3) is 0 Å². The number of rotatable bonds is 5. The monoisotopic (exact) mass is 250 g/mol. The van der Waals surface area contributed by atoms with Crippen molar-refractivity contribution in [1.29, 1.82) is 0 Å². The van der Waals surface area contributed by atoms with Crippen molar-refractivity contribution in [3.05, 3.63) is 35.6 Å². The smallest absolute Gasteiger partial charge is 0.123 e. The number of hydrogen-bond donors (Lipinski definition) is 1. The van der Waals surface area contributed by atoms with Gasteiger partial charge in [-0.1, -0.05) is 25.5 Å². The van der Waals surface area contributed by atoms with Gasteiger partial charge in [0.25, 0.3) is 0 Å². The van der Waals surface area contributed by atoms with E-state index in [9.17, 15) is 4.39 Å². The SMILES string of the molecule is CCC1CCN(CCC(N)c2cccc(F)c2)C1. The summed E-state index contributed by atoms with van der Waals surface area (Å²) in [6, 6.07) is 6.59. The van der Waals surface area contributed by atoms with Gasteiger partial charge >= 0.3 is 0 Å². The van der Waals surface area contributed by atoms with Crippen LogP contribution in [0.5, 0.6) is 0 Å². The van der Waals surface area contributed by atoms with E-state index in [1.807, 2.05) is 6.07 Å². The van der Waals surface area contributed by atoms with Crippen LogP contribution in [0.4, 0.5) is 4.39 Å². The van der Waals surface area contributed by atoms with Gasteiger partial charge in [-0.2, -0.15) is 0 Å². The molecule has 1 aromatic rings. The lowest BCUT2D eigenvalue weighted by molar-refractivity contribution is 0.308. The Labute approximate surface area is 109 Å². The number of hydrogen-bond acceptors (Lipinski definition) is 2. The molecule has 0 spiro atoms. The summed E-state index contributed by atoms with van der Waals surface area (Å²) in [4.78, 5) is 2.48. The molecule has 2 N–H and O–H groups in total. The Morgan fingerprint density at radius 1 is 1.50 bits per heavy atom. The van der Waals surface area contributed by atoms with E-state index in [-0.39, 0.29) is 11.9 Å². The van der Waals surface area contributed by atoms with Gasteiger partial charge in [0.05, 0.1) is 0 Å². The van der Waals surface area contributed by atoms with E-state index >= 15 is 0 Å². The van der Waals surface area contributed by atoms with Gasteiger partial charge in [0, 0.05) is 12.6 Å². The average Bonchev–Trinajstić information content (AvgIpc) is 2.84. The van der Waals surface area contributed by atoms with Gasteiger partial charge in [-0.05, 0) is 49.5 Å². The second-order valence-corrected chi connectivity index (χ2v) is 5.31. The number of nitrogens with zero attached hydrogens (tertiary/aromatic N) is 1. The third-order valence-electron chi connectivity index (χ3n) is 3.98. The van der Waals surface area contributed by atoms with Crippen molar-refractivity contribution in [2.45, 2.75) is 32.2 Å². The highest BCUT2D eigenvalue weighted by Gasteiger charge is 2.21. The topological polar surface area (TPSA) is 29.3 Å². The normalized spacial score (nSPS) is 22.3. The van der Waals surface area contributed by atoms with Gasteiger partial charge in [-0.3, -0.25) is 0 Å². The molecule has 0 aliphatic carbocycles. The second-order valence-electron chi connectivity index (χ2n) is 5.31. The van der Waals surface area contributed by atoms with Gasteiger partial charge in [0.15, 0.2) is 0 Å². The summed E-state index contributed by atoms with van der Waals surface area (Å²) in [6.45, 7) is 5.67. The molecular weight excluding hydrogens is 227 g/mol. The lowest BCUT2D eigenvalue weighted by atomic mass is 10.0. The molecule has 2 nitrogen and oxygen atoms in total. The summed E-state index contributed by atoms with van der Waals surface area (Å²) >= 11 is 0. The zero-order valence-corrected chi connectivity index (χ0v) is 11.1. The number of halogens is 1. The van der Waals surface area contributed by atoms with Crippen LogP contribution in [0.1, 0.15) is 37.8 Å². The average molecular weight is 250 g/mol. The van der Waals surface area contributed by atoms with Crippen molar-refractivity contribution in [2.75, 3.05) is 19.6 Å². The number of likely N-dealkylation sites (tertiary alicyclic amines) is 1. The maximum atomic E-state index is 13.1. The fourth-order valence-corrected chi connectivity index (χ4v) is 2.67. The molecule has 0 aromatic heterocycles. The highest BCUT2D eigenvalue weighted by atomic mass is 19.1. The fraction of sp³-hybridized carbons (Fsp3) is 0.600. The van der Waals surface area contributed by atoms with Crippen LogP contribution in [0.3, 0.4) is 0 Å². The fourth-order valence-electron chi connectivity index (χ4n) is 2.67. The number of benzene rings is 1. The molecule has 1 aliphatic rings. The van der Waals surface area contributed by atoms with Gasteiger partial charge in [0.2, 0.25) is 0 Å². The highest BCUT2D eigenvalue weighted by Crippen LogP contribution is 2.21. The van der Waals surface area contributed by atoms with Crippen LogP contribution >= 0.6 is 0 Å². The van der Waals surface area contributed by atoms with E-state index in [0.717, 1.165) is 24.4 Å². The summed E-state index contributed by atoms with van der Waals surface area (Å²) in [7, 11) is 0. The number of nitrogens with two attached hydrogens (primary N) is 1. The van der Waals surface area contributed by atoms with Gasteiger partial charge in [0.1, 0.15) is 5.82 Å². The minimum Gasteiger partial charge on any atom is -0.324 e. The standard InChI is InChI=1S/C15H23FN2/c1-2-12-6-8-18(11-12)9-7-15(17)13-4-3-5-14(16)10-13/h3-5,10,12,15H,2,6-9,11,17H2,1H3. The van der Waals surface area contributed by atoms with Crippen LogP contribution in [-0.4, -0.2) is 24.5 Å². The summed E-state index contributed by atoms with van der Waals surface area (Å²) in [5.41, 5.74) is 7.02. The highest BCUT2D eigenvalue weighted by molar-refractivity contribution is 5.19. The van der Waals surface area contributed by atoms with Gasteiger partial charge in [-0.15, -0.1) is 0 Å². The lowest BCUT2D eigenvalue weighted by Gasteiger charge is -2.19. The minimum atomic E-state index is -0.199. The van der Waals surface area contributed by atoms with Crippen molar-refractivity contribution < 1.29 is 4.39 Å². The third kappa shape index (κ3) is 3.53. The minimum absolute atomic E-state index is 0.0543. The van der Waals surface area contributed by atoms with Crippen molar-refractivity contribution in [1.82, 2.24) is 4.90 Å². The molecule has 3 heteroatoms. The Balaban J connectivity index is 1.80. The first kappa shape index (κ1) is 13.5. The summed E-state index contributed by atoms with van der Waals surface area (Å²) in [6.07, 6.45) is 3.48. The Bertz CT molecular complexity index is 381. The van der Waals surface area contributed by atoms with E-state index in [0.29, 0.717) is 0 Å². The Morgan fingerprint density at radius 3 is 3.00 bits per heavy atom. The van der Waals surface area contributed by atoms with Crippen molar-refractivity contribution in [3.63, 3.8) is 0 Å². The second kappa shape index (κ2) is 6.30. The van der Waals surface area contributed by atoms with E-state index in [4.69, 9.17) is 5.73 Å². The first-order valence-corrected chi connectivity index (χ1v) is 6.92. The molecule has 0 bridgehead atoms. The predicted molar refractivity (Wildman–Crippen MR) is 72.8 cm³/mol. The van der Waals surface area contributed by atoms with E-state index < -0.39 is 0 Å². The van der Waals surface area contributed by atoms with Crippen LogP contribution in [0.15, 0.2) is 24.3 Å². The zero-order valence-electron chi connectivity index (χ0n) is 11.1. The molecule has 1 aromatic carbocycles. The molecule has 2 atom stereocenters.